The molecule has 7 N–H and O–H groups in total. The van der Waals surface area contributed by atoms with Crippen LogP contribution in [0.4, 0.5) is 0 Å². The average molecular weight is 274 g/mol. The topological polar surface area (TPSA) is 133 Å². The Hall–Kier alpha value is -1.18. The van der Waals surface area contributed by atoms with Gasteiger partial charge in [0.15, 0.2) is 0 Å². The average Bonchev–Trinajstić information content (AvgIpc) is 2.45. The molecule has 0 saturated carbocycles. The van der Waals surface area contributed by atoms with E-state index in [1.54, 1.807) is 0 Å². The third-order valence-corrected chi connectivity index (χ3v) is 3.15. The SMILES string of the molecule is COC(=O)C(CCCN)(CCCN)CNC(=O)CN. The maximum atomic E-state index is 12.1. The Morgan fingerprint density at radius 2 is 1.63 bits per heavy atom. The molecule has 0 aliphatic carbocycles. The molecule has 112 valence electrons. The van der Waals surface area contributed by atoms with Crippen LogP contribution < -0.4 is 22.5 Å². The fourth-order valence-corrected chi connectivity index (χ4v) is 2.02. The van der Waals surface area contributed by atoms with Crippen molar-refractivity contribution in [3.8, 4) is 0 Å². The highest BCUT2D eigenvalue weighted by molar-refractivity contribution is 5.80. The van der Waals surface area contributed by atoms with Crippen LogP contribution >= 0.6 is 0 Å². The number of carbonyl (C=O) groups excluding carboxylic acids is 2. The van der Waals surface area contributed by atoms with E-state index >= 15 is 0 Å². The summed E-state index contributed by atoms with van der Waals surface area (Å²) in [7, 11) is 1.34. The summed E-state index contributed by atoms with van der Waals surface area (Å²) in [6.45, 7) is 1.05. The lowest BCUT2D eigenvalue weighted by Gasteiger charge is -2.31. The molecule has 0 heterocycles. The first-order valence-corrected chi connectivity index (χ1v) is 6.51. The Balaban J connectivity index is 4.87. The molecule has 0 spiro atoms. The maximum absolute atomic E-state index is 12.1. The normalized spacial score (nSPS) is 11.2. The number of methoxy groups -OCH3 is 1. The van der Waals surface area contributed by atoms with E-state index in [0.717, 1.165) is 0 Å². The number of ether oxygens (including phenoxy) is 1. The third kappa shape index (κ3) is 6.00. The van der Waals surface area contributed by atoms with E-state index in [2.05, 4.69) is 5.32 Å². The Morgan fingerprint density at radius 3 is 2.00 bits per heavy atom. The minimum absolute atomic E-state index is 0.106. The summed E-state index contributed by atoms with van der Waals surface area (Å²) < 4.78 is 4.87. The monoisotopic (exact) mass is 274 g/mol. The minimum atomic E-state index is -0.766. The van der Waals surface area contributed by atoms with Gasteiger partial charge in [-0.05, 0) is 38.8 Å². The molecule has 7 nitrogen and oxygen atoms in total. The molecule has 7 heteroatoms. The molecule has 0 aliphatic heterocycles. The predicted molar refractivity (Wildman–Crippen MR) is 73.1 cm³/mol. The molecule has 1 amide bonds. The van der Waals surface area contributed by atoms with Crippen molar-refractivity contribution in [3.63, 3.8) is 0 Å². The summed E-state index contributed by atoms with van der Waals surface area (Å²) in [6, 6.07) is 0. The van der Waals surface area contributed by atoms with Gasteiger partial charge in [-0.15, -0.1) is 0 Å². The number of carbonyl (C=O) groups is 2. The minimum Gasteiger partial charge on any atom is -0.469 e. The summed E-state index contributed by atoms with van der Waals surface area (Å²) in [5.41, 5.74) is 15.5. The van der Waals surface area contributed by atoms with Crippen LogP contribution in [0.5, 0.6) is 0 Å². The molecular weight excluding hydrogens is 248 g/mol. The Kier molecular flexibility index (Phi) is 9.11. The van der Waals surface area contributed by atoms with Crippen LogP contribution in [0.15, 0.2) is 0 Å². The number of amides is 1. The summed E-state index contributed by atoms with van der Waals surface area (Å²) >= 11 is 0. The number of nitrogens with two attached hydrogens (primary N) is 3. The fraction of sp³-hybridized carbons (Fsp3) is 0.833. The maximum Gasteiger partial charge on any atom is 0.313 e. The summed E-state index contributed by atoms with van der Waals surface area (Å²) in [6.07, 6.45) is 2.47. The fourth-order valence-electron chi connectivity index (χ4n) is 2.02. The first-order chi connectivity index (χ1) is 9.06. The Labute approximate surface area is 114 Å². The van der Waals surface area contributed by atoms with Crippen molar-refractivity contribution in [3.05, 3.63) is 0 Å². The lowest BCUT2D eigenvalue weighted by Crippen LogP contribution is -2.45. The third-order valence-electron chi connectivity index (χ3n) is 3.15. The van der Waals surface area contributed by atoms with E-state index in [4.69, 9.17) is 21.9 Å². The van der Waals surface area contributed by atoms with Gasteiger partial charge >= 0.3 is 5.97 Å². The molecule has 0 aromatic carbocycles. The summed E-state index contributed by atoms with van der Waals surface area (Å²) in [4.78, 5) is 23.3. The zero-order valence-corrected chi connectivity index (χ0v) is 11.6. The molecule has 0 rings (SSSR count). The number of rotatable bonds is 10. The van der Waals surface area contributed by atoms with Gasteiger partial charge in [-0.25, -0.2) is 0 Å². The molecule has 0 fully saturated rings. The number of nitrogens with one attached hydrogen (secondary N) is 1. The molecule has 0 bridgehead atoms. The van der Waals surface area contributed by atoms with E-state index < -0.39 is 5.41 Å². The first kappa shape index (κ1) is 17.8. The standard InChI is InChI=1S/C12H26N4O3/c1-19-11(18)12(4-2-6-13,5-3-7-14)9-16-10(17)8-15/h2-9,13-15H2,1H3,(H,16,17). The van der Waals surface area contributed by atoms with E-state index in [1.165, 1.54) is 7.11 Å². The zero-order valence-electron chi connectivity index (χ0n) is 11.6. The molecule has 0 radical (unpaired) electrons. The molecule has 0 unspecified atom stereocenters. The number of hydrogen-bond donors (Lipinski definition) is 4. The predicted octanol–water partition coefficient (Wildman–Crippen LogP) is -1.30. The van der Waals surface area contributed by atoms with Crippen molar-refractivity contribution in [2.45, 2.75) is 25.7 Å². The van der Waals surface area contributed by atoms with Crippen molar-refractivity contribution in [1.29, 1.82) is 0 Å². The molecule has 0 aromatic heterocycles. The van der Waals surface area contributed by atoms with Crippen molar-refractivity contribution in [1.82, 2.24) is 5.32 Å². The van der Waals surface area contributed by atoms with Gasteiger partial charge in [0.1, 0.15) is 0 Å². The van der Waals surface area contributed by atoms with E-state index in [-0.39, 0.29) is 25.0 Å². The van der Waals surface area contributed by atoms with Gasteiger partial charge in [0.05, 0.1) is 19.1 Å². The highest BCUT2D eigenvalue weighted by atomic mass is 16.5. The lowest BCUT2D eigenvalue weighted by molar-refractivity contribution is -0.153. The second-order valence-corrected chi connectivity index (χ2v) is 4.54. The van der Waals surface area contributed by atoms with Crippen LogP contribution in [0.2, 0.25) is 0 Å². The van der Waals surface area contributed by atoms with Crippen LogP contribution in [0.25, 0.3) is 0 Å². The van der Waals surface area contributed by atoms with Gasteiger partial charge in [0, 0.05) is 6.54 Å². The van der Waals surface area contributed by atoms with Crippen molar-refractivity contribution in [2.75, 3.05) is 33.3 Å². The van der Waals surface area contributed by atoms with Gasteiger partial charge in [0.25, 0.3) is 0 Å². The van der Waals surface area contributed by atoms with Crippen molar-refractivity contribution in [2.24, 2.45) is 22.6 Å². The van der Waals surface area contributed by atoms with Crippen LogP contribution in [-0.4, -0.2) is 45.2 Å². The highest BCUT2D eigenvalue weighted by Gasteiger charge is 2.38. The molecule has 0 atom stereocenters. The van der Waals surface area contributed by atoms with E-state index in [9.17, 15) is 9.59 Å². The highest BCUT2D eigenvalue weighted by Crippen LogP contribution is 2.30. The zero-order chi connectivity index (χ0) is 14.7. The Morgan fingerprint density at radius 1 is 1.11 bits per heavy atom. The Bertz CT molecular complexity index is 276. The van der Waals surface area contributed by atoms with Crippen molar-refractivity contribution < 1.29 is 14.3 Å². The van der Waals surface area contributed by atoms with Gasteiger partial charge in [-0.3, -0.25) is 9.59 Å². The summed E-state index contributed by atoms with van der Waals surface area (Å²) in [5.74, 6) is -0.638. The van der Waals surface area contributed by atoms with Gasteiger partial charge in [-0.2, -0.15) is 0 Å². The first-order valence-electron chi connectivity index (χ1n) is 6.51. The van der Waals surface area contributed by atoms with Crippen LogP contribution in [0, 0.1) is 5.41 Å². The van der Waals surface area contributed by atoms with Crippen LogP contribution in [-0.2, 0) is 14.3 Å². The smallest absolute Gasteiger partial charge is 0.313 e. The number of esters is 1. The molecule has 0 aliphatic rings. The van der Waals surface area contributed by atoms with Gasteiger partial charge in [-0.1, -0.05) is 0 Å². The van der Waals surface area contributed by atoms with Crippen molar-refractivity contribution >= 4 is 11.9 Å². The van der Waals surface area contributed by atoms with Gasteiger partial charge in [0.2, 0.25) is 5.91 Å². The lowest BCUT2D eigenvalue weighted by atomic mass is 9.78. The molecular formula is C12H26N4O3. The van der Waals surface area contributed by atoms with E-state index in [1.807, 2.05) is 0 Å². The van der Waals surface area contributed by atoms with Crippen LogP contribution in [0.1, 0.15) is 25.7 Å². The van der Waals surface area contributed by atoms with Crippen LogP contribution in [0.3, 0.4) is 0 Å². The van der Waals surface area contributed by atoms with Gasteiger partial charge < -0.3 is 27.3 Å². The quantitative estimate of drug-likeness (QED) is 0.366. The molecule has 19 heavy (non-hydrogen) atoms. The molecule has 0 aromatic rings. The van der Waals surface area contributed by atoms with E-state index in [0.29, 0.717) is 38.8 Å². The second-order valence-electron chi connectivity index (χ2n) is 4.54. The largest absolute Gasteiger partial charge is 0.469 e. The number of hydrogen-bond acceptors (Lipinski definition) is 6. The second kappa shape index (κ2) is 9.71. The molecule has 0 saturated heterocycles. The summed E-state index contributed by atoms with van der Waals surface area (Å²) in [5, 5.41) is 2.66.